The number of carbonyl (C=O) groups excluding carboxylic acids is 1. The summed E-state index contributed by atoms with van der Waals surface area (Å²) in [6, 6.07) is 16.2. The molecule has 1 N–H and O–H groups in total. The minimum absolute atomic E-state index is 0.00469. The lowest BCUT2D eigenvalue weighted by atomic mass is 9.94. The molecule has 1 aliphatic rings. The molecule has 0 radical (unpaired) electrons. The van der Waals surface area contributed by atoms with E-state index in [1.54, 1.807) is 31.2 Å². The molecule has 204 valence electrons. The van der Waals surface area contributed by atoms with Gasteiger partial charge in [-0.3, -0.25) is 14.2 Å². The van der Waals surface area contributed by atoms with Crippen molar-refractivity contribution in [1.29, 1.82) is 0 Å². The van der Waals surface area contributed by atoms with Gasteiger partial charge in [-0.15, -0.1) is 11.3 Å². The van der Waals surface area contributed by atoms with Crippen molar-refractivity contribution in [3.8, 4) is 11.5 Å². The van der Waals surface area contributed by atoms with Crippen molar-refractivity contribution in [1.82, 2.24) is 13.9 Å². The highest BCUT2D eigenvalue weighted by atomic mass is 32.2. The van der Waals surface area contributed by atoms with Crippen LogP contribution >= 0.6 is 11.3 Å². The summed E-state index contributed by atoms with van der Waals surface area (Å²) in [6.45, 7) is 6.28. The molecule has 1 amide bonds. The van der Waals surface area contributed by atoms with Crippen LogP contribution in [-0.4, -0.2) is 41.3 Å². The first-order chi connectivity index (χ1) is 18.6. The van der Waals surface area contributed by atoms with E-state index in [1.165, 1.54) is 22.0 Å². The number of ether oxygens (including phenoxy) is 1. The molecule has 9 nitrogen and oxygen atoms in total. The molecule has 0 bridgehead atoms. The summed E-state index contributed by atoms with van der Waals surface area (Å²) in [5.41, 5.74) is -0.0201. The molecule has 2 aromatic heterocycles. The van der Waals surface area contributed by atoms with Crippen LogP contribution in [0.4, 0.5) is 5.69 Å². The number of carbonyl (C=O) groups is 1. The zero-order valence-corrected chi connectivity index (χ0v) is 23.6. The molecular formula is C28H30N4O5S2. The maximum Gasteiger partial charge on any atom is 0.263 e. The Kier molecular flexibility index (Phi) is 7.57. The second-order valence-electron chi connectivity index (χ2n) is 10.1. The van der Waals surface area contributed by atoms with Gasteiger partial charge in [0.25, 0.3) is 5.56 Å². The highest BCUT2D eigenvalue weighted by Crippen LogP contribution is 2.35. The number of amides is 1. The summed E-state index contributed by atoms with van der Waals surface area (Å²) in [5, 5.41) is 2.81. The van der Waals surface area contributed by atoms with Crippen LogP contribution in [0.3, 0.4) is 0 Å². The van der Waals surface area contributed by atoms with Crippen LogP contribution in [0.25, 0.3) is 10.2 Å². The van der Waals surface area contributed by atoms with Gasteiger partial charge >= 0.3 is 0 Å². The van der Waals surface area contributed by atoms with Crippen molar-refractivity contribution in [2.75, 3.05) is 18.4 Å². The topological polar surface area (TPSA) is 111 Å². The van der Waals surface area contributed by atoms with Gasteiger partial charge in [0, 0.05) is 23.7 Å². The molecular weight excluding hydrogens is 536 g/mol. The van der Waals surface area contributed by atoms with Gasteiger partial charge in [-0.05, 0) is 61.6 Å². The fourth-order valence-corrected chi connectivity index (χ4v) is 8.40. The first-order valence-corrected chi connectivity index (χ1v) is 15.0. The Morgan fingerprint density at radius 3 is 2.36 bits per heavy atom. The molecule has 5 rings (SSSR count). The molecule has 0 spiro atoms. The largest absolute Gasteiger partial charge is 0.457 e. The third-order valence-corrected chi connectivity index (χ3v) is 9.81. The van der Waals surface area contributed by atoms with Gasteiger partial charge in [0.05, 0.1) is 11.7 Å². The Labute approximate surface area is 231 Å². The molecule has 1 aliphatic heterocycles. The average molecular weight is 567 g/mol. The summed E-state index contributed by atoms with van der Waals surface area (Å²) in [6.07, 6.45) is 2.25. The number of hydrogen-bond donors (Lipinski definition) is 1. The predicted molar refractivity (Wildman–Crippen MR) is 152 cm³/mol. The van der Waals surface area contributed by atoms with Crippen LogP contribution in [0.5, 0.6) is 11.5 Å². The summed E-state index contributed by atoms with van der Waals surface area (Å²) in [7, 11) is -3.91. The molecule has 3 heterocycles. The number of benzene rings is 2. The number of anilines is 1. The quantitative estimate of drug-likeness (QED) is 0.342. The average Bonchev–Trinajstić information content (AvgIpc) is 3.24. The lowest BCUT2D eigenvalue weighted by Crippen LogP contribution is -2.42. The van der Waals surface area contributed by atoms with E-state index in [-0.39, 0.29) is 28.7 Å². The molecule has 2 atom stereocenters. The maximum atomic E-state index is 13.7. The number of para-hydroxylation sites is 1. The normalized spacial score (nSPS) is 18.2. The van der Waals surface area contributed by atoms with Crippen molar-refractivity contribution in [3.63, 3.8) is 0 Å². The van der Waals surface area contributed by atoms with Gasteiger partial charge in [-0.25, -0.2) is 13.4 Å². The highest BCUT2D eigenvalue weighted by Gasteiger charge is 2.35. The summed E-state index contributed by atoms with van der Waals surface area (Å²) < 4.78 is 35.8. The number of nitrogens with zero attached hydrogens (tertiary/aromatic N) is 3. The van der Waals surface area contributed by atoms with Gasteiger partial charge in [0.15, 0.2) is 0 Å². The summed E-state index contributed by atoms with van der Waals surface area (Å²) >= 11 is 1.17. The Hall–Kier alpha value is -3.54. The van der Waals surface area contributed by atoms with Crippen molar-refractivity contribution >= 4 is 43.2 Å². The van der Waals surface area contributed by atoms with E-state index in [9.17, 15) is 18.0 Å². The van der Waals surface area contributed by atoms with Gasteiger partial charge < -0.3 is 10.1 Å². The number of hydrogen-bond acceptors (Lipinski definition) is 7. The van der Waals surface area contributed by atoms with E-state index in [0.29, 0.717) is 40.0 Å². The van der Waals surface area contributed by atoms with Gasteiger partial charge in [0.1, 0.15) is 27.8 Å². The van der Waals surface area contributed by atoms with Gasteiger partial charge in [-0.1, -0.05) is 32.0 Å². The van der Waals surface area contributed by atoms with E-state index in [1.807, 2.05) is 44.2 Å². The number of sulfonamides is 1. The highest BCUT2D eigenvalue weighted by molar-refractivity contribution is 7.89. The van der Waals surface area contributed by atoms with Crippen LogP contribution in [-0.2, 0) is 21.4 Å². The number of aryl methyl sites for hydroxylation is 1. The lowest BCUT2D eigenvalue weighted by molar-refractivity contribution is -0.116. The second kappa shape index (κ2) is 10.9. The van der Waals surface area contributed by atoms with Crippen molar-refractivity contribution in [3.05, 3.63) is 76.2 Å². The zero-order valence-electron chi connectivity index (χ0n) is 22.0. The Morgan fingerprint density at radius 1 is 1.05 bits per heavy atom. The molecule has 4 aromatic rings. The van der Waals surface area contributed by atoms with E-state index in [0.717, 1.165) is 11.0 Å². The zero-order chi connectivity index (χ0) is 27.7. The summed E-state index contributed by atoms with van der Waals surface area (Å²) in [4.78, 5) is 31.5. The van der Waals surface area contributed by atoms with Crippen LogP contribution < -0.4 is 15.6 Å². The molecule has 0 aliphatic carbocycles. The molecule has 2 unspecified atom stereocenters. The van der Waals surface area contributed by atoms with E-state index < -0.39 is 21.5 Å². The molecule has 2 aromatic carbocycles. The van der Waals surface area contributed by atoms with Crippen LogP contribution in [0.1, 0.15) is 25.1 Å². The fraction of sp³-hybridized carbons (Fsp3) is 0.321. The first-order valence-electron chi connectivity index (χ1n) is 12.7. The van der Waals surface area contributed by atoms with Crippen LogP contribution in [0.2, 0.25) is 0 Å². The molecule has 1 saturated heterocycles. The predicted octanol–water partition coefficient (Wildman–Crippen LogP) is 4.86. The number of aromatic nitrogens is 2. The lowest BCUT2D eigenvalue weighted by Gasteiger charge is -2.34. The fourth-order valence-electron chi connectivity index (χ4n) is 5.05. The van der Waals surface area contributed by atoms with Gasteiger partial charge in [0.2, 0.25) is 15.9 Å². The third-order valence-electron chi connectivity index (χ3n) is 6.66. The first kappa shape index (κ1) is 27.0. The third kappa shape index (κ3) is 5.75. The number of fused-ring (bicyclic) bond motifs is 1. The van der Waals surface area contributed by atoms with E-state index in [2.05, 4.69) is 10.3 Å². The molecule has 1 fully saturated rings. The second-order valence-corrected chi connectivity index (χ2v) is 13.2. The molecule has 0 saturated carbocycles. The number of nitrogens with one attached hydrogen (secondary N) is 1. The Bertz CT molecular complexity index is 1650. The Morgan fingerprint density at radius 2 is 1.69 bits per heavy atom. The van der Waals surface area contributed by atoms with Gasteiger partial charge in [-0.2, -0.15) is 4.31 Å². The van der Waals surface area contributed by atoms with E-state index in [4.69, 9.17) is 4.74 Å². The minimum atomic E-state index is -3.91. The monoisotopic (exact) mass is 566 g/mol. The van der Waals surface area contributed by atoms with E-state index >= 15 is 0 Å². The number of piperidine rings is 1. The standard InChI is InChI=1S/C28H30N4O5S2/c1-18-13-19(2)15-32(14-18)39(35,36)26-20(3)38-27-25(26)28(34)31(17-29-27)16-24(33)30-21-9-11-23(12-10-21)37-22-7-5-4-6-8-22/h4-12,17-19H,13-16H2,1-3H3,(H,30,33). The number of rotatable bonds is 7. The van der Waals surface area contributed by atoms with Crippen LogP contribution in [0, 0.1) is 18.8 Å². The molecule has 11 heteroatoms. The van der Waals surface area contributed by atoms with Crippen molar-refractivity contribution in [2.45, 2.75) is 38.6 Å². The Balaban J connectivity index is 1.36. The van der Waals surface area contributed by atoms with Crippen molar-refractivity contribution in [2.24, 2.45) is 11.8 Å². The maximum absolute atomic E-state index is 13.7. The SMILES string of the molecule is Cc1sc2ncn(CC(=O)Nc3ccc(Oc4ccccc4)cc3)c(=O)c2c1S(=O)(=O)N1CC(C)CC(C)C1. The minimum Gasteiger partial charge on any atom is -0.457 e. The number of thiophene rings is 1. The molecule has 39 heavy (non-hydrogen) atoms. The summed E-state index contributed by atoms with van der Waals surface area (Å²) in [5.74, 6) is 1.33. The smallest absolute Gasteiger partial charge is 0.263 e. The van der Waals surface area contributed by atoms with Crippen molar-refractivity contribution < 1.29 is 17.9 Å². The van der Waals surface area contributed by atoms with Crippen LogP contribution in [0.15, 0.2) is 70.6 Å².